The van der Waals surface area contributed by atoms with Gasteiger partial charge in [0.05, 0.1) is 7.11 Å². The Morgan fingerprint density at radius 2 is 1.71 bits per heavy atom. The number of hydrogen-bond acceptors (Lipinski definition) is 2. The summed E-state index contributed by atoms with van der Waals surface area (Å²) in [5.41, 5.74) is 8.75. The maximum atomic E-state index is 10.3. The van der Waals surface area contributed by atoms with E-state index in [0.29, 0.717) is 5.92 Å². The minimum atomic E-state index is -0.437. The number of aryl methyl sites for hydroxylation is 3. The fourth-order valence-corrected chi connectivity index (χ4v) is 1.87. The van der Waals surface area contributed by atoms with E-state index in [1.165, 1.54) is 16.7 Å². The van der Waals surface area contributed by atoms with Crippen LogP contribution in [0.2, 0.25) is 0 Å². The quantitative estimate of drug-likeness (QED) is 0.889. The van der Waals surface area contributed by atoms with Crippen molar-refractivity contribution in [1.82, 2.24) is 5.32 Å². The number of nitrogens with two attached hydrogens (primary N) is 1. The average Bonchev–Trinajstić information content (AvgIpc) is 2.41. The normalized spacial score (nSPS) is 12.7. The van der Waals surface area contributed by atoms with E-state index in [1.54, 1.807) is 7.11 Å². The first-order valence-corrected chi connectivity index (χ1v) is 7.40. The summed E-state index contributed by atoms with van der Waals surface area (Å²) in [6.07, 6.45) is 1.06. The van der Waals surface area contributed by atoms with E-state index in [0.717, 1.165) is 12.2 Å². The van der Waals surface area contributed by atoms with Crippen LogP contribution in [0.1, 0.15) is 43.9 Å². The summed E-state index contributed by atoms with van der Waals surface area (Å²) in [5.74, 6) is 1.47. The lowest BCUT2D eigenvalue weighted by atomic mass is 10.0. The molecule has 0 aliphatic carbocycles. The summed E-state index contributed by atoms with van der Waals surface area (Å²) in [5, 5.41) is 2.63. The van der Waals surface area contributed by atoms with Gasteiger partial charge in [0.25, 0.3) is 0 Å². The van der Waals surface area contributed by atoms with Crippen molar-refractivity contribution in [2.75, 3.05) is 7.11 Å². The highest BCUT2D eigenvalue weighted by atomic mass is 16.5. The first kappa shape index (κ1) is 19.3. The Labute approximate surface area is 129 Å². The number of rotatable bonds is 4. The van der Waals surface area contributed by atoms with Crippen molar-refractivity contribution in [1.29, 1.82) is 0 Å². The highest BCUT2D eigenvalue weighted by Gasteiger charge is 2.10. The predicted molar refractivity (Wildman–Crippen MR) is 88.8 cm³/mol. The van der Waals surface area contributed by atoms with Crippen LogP contribution >= 0.6 is 0 Å². The molecule has 3 N–H and O–H groups in total. The standard InChI is InChI=1S/C10H14O.C7H16N2O/c1-7-5-9(3)10(11-4)6-8(7)2;1-4-5(2)6(3)9-7(8)10/h5-6H,1-4H3;5-6H,4H2,1-3H3,(H3,8,9,10). The number of primary amides is 1. The van der Waals surface area contributed by atoms with Gasteiger partial charge in [-0.25, -0.2) is 4.79 Å². The number of urea groups is 1. The van der Waals surface area contributed by atoms with E-state index in [2.05, 4.69) is 52.1 Å². The minimum Gasteiger partial charge on any atom is -0.496 e. The van der Waals surface area contributed by atoms with E-state index in [1.807, 2.05) is 6.92 Å². The van der Waals surface area contributed by atoms with Crippen LogP contribution in [0.15, 0.2) is 12.1 Å². The van der Waals surface area contributed by atoms with Gasteiger partial charge in [-0.1, -0.05) is 26.3 Å². The fourth-order valence-electron chi connectivity index (χ4n) is 1.87. The molecule has 1 rings (SSSR count). The van der Waals surface area contributed by atoms with Gasteiger partial charge < -0.3 is 15.8 Å². The van der Waals surface area contributed by atoms with Gasteiger partial charge in [0.15, 0.2) is 0 Å². The molecule has 0 spiro atoms. The number of hydrogen-bond donors (Lipinski definition) is 2. The van der Waals surface area contributed by atoms with Gasteiger partial charge in [-0.15, -0.1) is 0 Å². The van der Waals surface area contributed by atoms with Crippen molar-refractivity contribution >= 4 is 6.03 Å². The topological polar surface area (TPSA) is 64.3 Å². The van der Waals surface area contributed by atoms with Crippen LogP contribution in [0.5, 0.6) is 5.75 Å². The Balaban J connectivity index is 0.000000384. The van der Waals surface area contributed by atoms with Gasteiger partial charge in [0.2, 0.25) is 0 Å². The molecule has 0 aliphatic heterocycles. The molecule has 2 unspecified atom stereocenters. The molecule has 2 amide bonds. The largest absolute Gasteiger partial charge is 0.496 e. The lowest BCUT2D eigenvalue weighted by Crippen LogP contribution is -2.40. The van der Waals surface area contributed by atoms with E-state index in [4.69, 9.17) is 10.5 Å². The number of benzene rings is 1. The number of nitrogens with one attached hydrogen (secondary N) is 1. The van der Waals surface area contributed by atoms with Gasteiger partial charge in [-0.3, -0.25) is 0 Å². The SMILES string of the molecule is CCC(C)C(C)NC(N)=O.COc1cc(C)c(C)cc1C. The Kier molecular flexibility index (Phi) is 8.51. The summed E-state index contributed by atoms with van der Waals surface area (Å²) in [6.45, 7) is 12.4. The molecule has 120 valence electrons. The third-order valence-electron chi connectivity index (χ3n) is 3.88. The molecular formula is C17H30N2O2. The Morgan fingerprint density at radius 3 is 2.14 bits per heavy atom. The van der Waals surface area contributed by atoms with Crippen LogP contribution in [-0.4, -0.2) is 19.2 Å². The second-order valence-corrected chi connectivity index (χ2v) is 5.59. The highest BCUT2D eigenvalue weighted by Crippen LogP contribution is 2.21. The number of carbonyl (C=O) groups is 1. The maximum Gasteiger partial charge on any atom is 0.312 e. The first-order valence-electron chi connectivity index (χ1n) is 7.40. The molecule has 4 heteroatoms. The smallest absolute Gasteiger partial charge is 0.312 e. The minimum absolute atomic E-state index is 0.183. The second kappa shape index (κ2) is 9.27. The van der Waals surface area contributed by atoms with E-state index in [-0.39, 0.29) is 6.04 Å². The monoisotopic (exact) mass is 294 g/mol. The zero-order valence-electron chi connectivity index (χ0n) is 14.4. The molecule has 0 aromatic heterocycles. The number of carbonyl (C=O) groups excluding carboxylic acids is 1. The van der Waals surface area contributed by atoms with E-state index >= 15 is 0 Å². The third kappa shape index (κ3) is 7.02. The Morgan fingerprint density at radius 1 is 1.19 bits per heavy atom. The Bertz CT molecular complexity index is 458. The summed E-state index contributed by atoms with van der Waals surface area (Å²) in [7, 11) is 1.71. The molecule has 0 aliphatic rings. The van der Waals surface area contributed by atoms with Gasteiger partial charge in [0, 0.05) is 6.04 Å². The molecule has 2 atom stereocenters. The van der Waals surface area contributed by atoms with E-state index < -0.39 is 6.03 Å². The summed E-state index contributed by atoms with van der Waals surface area (Å²) < 4.78 is 5.18. The fraction of sp³-hybridized carbons (Fsp3) is 0.588. The predicted octanol–water partition coefficient (Wildman–Crippen LogP) is 3.71. The molecule has 4 nitrogen and oxygen atoms in total. The molecule has 0 heterocycles. The molecule has 1 aromatic carbocycles. The van der Waals surface area contributed by atoms with Crippen LogP contribution in [0.25, 0.3) is 0 Å². The first-order chi connectivity index (χ1) is 9.72. The van der Waals surface area contributed by atoms with Crippen LogP contribution in [0.4, 0.5) is 4.79 Å². The molecule has 0 bridgehead atoms. The van der Waals surface area contributed by atoms with Crippen molar-refractivity contribution in [2.45, 2.75) is 54.0 Å². The molecule has 0 saturated heterocycles. The van der Waals surface area contributed by atoms with Crippen molar-refractivity contribution in [3.05, 3.63) is 28.8 Å². The van der Waals surface area contributed by atoms with Crippen molar-refractivity contribution in [3.63, 3.8) is 0 Å². The molecule has 0 radical (unpaired) electrons. The van der Waals surface area contributed by atoms with Crippen LogP contribution in [0.3, 0.4) is 0 Å². The Hall–Kier alpha value is -1.71. The van der Waals surface area contributed by atoms with Crippen LogP contribution < -0.4 is 15.8 Å². The summed E-state index contributed by atoms with van der Waals surface area (Å²) >= 11 is 0. The number of amides is 2. The molecule has 0 saturated carbocycles. The summed E-state index contributed by atoms with van der Waals surface area (Å²) in [4.78, 5) is 10.3. The zero-order chi connectivity index (χ0) is 16.6. The van der Waals surface area contributed by atoms with Gasteiger partial charge >= 0.3 is 6.03 Å². The second-order valence-electron chi connectivity index (χ2n) is 5.59. The van der Waals surface area contributed by atoms with Crippen molar-refractivity contribution in [3.8, 4) is 5.75 Å². The zero-order valence-corrected chi connectivity index (χ0v) is 14.4. The molecule has 1 aromatic rings. The van der Waals surface area contributed by atoms with E-state index in [9.17, 15) is 4.79 Å². The van der Waals surface area contributed by atoms with Crippen molar-refractivity contribution in [2.24, 2.45) is 11.7 Å². The lowest BCUT2D eigenvalue weighted by molar-refractivity contribution is 0.241. The van der Waals surface area contributed by atoms with Gasteiger partial charge in [-0.2, -0.15) is 0 Å². The van der Waals surface area contributed by atoms with Crippen LogP contribution in [0, 0.1) is 26.7 Å². The summed E-state index contributed by atoms with van der Waals surface area (Å²) in [6, 6.07) is 3.97. The van der Waals surface area contributed by atoms with Crippen molar-refractivity contribution < 1.29 is 9.53 Å². The van der Waals surface area contributed by atoms with Gasteiger partial charge in [-0.05, 0) is 56.4 Å². The lowest BCUT2D eigenvalue weighted by Gasteiger charge is -2.17. The van der Waals surface area contributed by atoms with Crippen LogP contribution in [-0.2, 0) is 0 Å². The number of methoxy groups -OCH3 is 1. The molecular weight excluding hydrogens is 264 g/mol. The molecule has 21 heavy (non-hydrogen) atoms. The number of ether oxygens (including phenoxy) is 1. The third-order valence-corrected chi connectivity index (χ3v) is 3.88. The molecule has 0 fully saturated rings. The maximum absolute atomic E-state index is 10.3. The van der Waals surface area contributed by atoms with Gasteiger partial charge in [0.1, 0.15) is 5.75 Å². The highest BCUT2D eigenvalue weighted by molar-refractivity contribution is 5.71. The average molecular weight is 294 g/mol.